The van der Waals surface area contributed by atoms with Gasteiger partial charge in [-0.05, 0) is 5.56 Å². The van der Waals surface area contributed by atoms with E-state index in [4.69, 9.17) is 33.2 Å². The number of alkyl carbamates (subject to hydrolysis) is 1. The zero-order valence-corrected chi connectivity index (χ0v) is 25.1. The van der Waals surface area contributed by atoms with Gasteiger partial charge in [-0.1, -0.05) is 30.3 Å². The normalized spacial score (nSPS) is 24.5. The highest BCUT2D eigenvalue weighted by molar-refractivity contribution is 6.04. The van der Waals surface area contributed by atoms with Crippen molar-refractivity contribution in [2.75, 3.05) is 26.8 Å². The molecule has 2 heterocycles. The summed E-state index contributed by atoms with van der Waals surface area (Å²) < 4.78 is 43.3. The summed E-state index contributed by atoms with van der Waals surface area (Å²) in [6, 6.07) is 8.88. The fourth-order valence-electron chi connectivity index (χ4n) is 4.33. The summed E-state index contributed by atoms with van der Waals surface area (Å²) in [6.07, 6.45) is -7.11. The number of hydrogen-bond acceptors (Lipinski definition) is 16. The van der Waals surface area contributed by atoms with Gasteiger partial charge in [0, 0.05) is 27.7 Å². The number of methoxy groups -OCH3 is 1. The van der Waals surface area contributed by atoms with Crippen LogP contribution in [0.25, 0.3) is 0 Å². The number of ether oxygens (including phenoxy) is 8. The molecule has 1 N–H and O–H groups in total. The Morgan fingerprint density at radius 1 is 0.889 bits per heavy atom. The van der Waals surface area contributed by atoms with Gasteiger partial charge in [0.05, 0.1) is 13.7 Å². The van der Waals surface area contributed by atoms with Crippen molar-refractivity contribution in [2.45, 2.75) is 64.4 Å². The monoisotopic (exact) mass is 635 g/mol. The Kier molecular flexibility index (Phi) is 11.9. The maximum absolute atomic E-state index is 12.4. The number of aliphatic imine (C=N–C) groups is 2. The van der Waals surface area contributed by atoms with Crippen LogP contribution in [0.5, 0.6) is 0 Å². The van der Waals surface area contributed by atoms with E-state index in [1.165, 1.54) is 0 Å². The highest BCUT2D eigenvalue weighted by atomic mass is 16.7. The van der Waals surface area contributed by atoms with Crippen LogP contribution >= 0.6 is 0 Å². The molecule has 244 valence electrons. The molecule has 1 aromatic rings. The minimum absolute atomic E-state index is 0.0349. The zero-order chi connectivity index (χ0) is 33.1. The number of rotatable bonds is 11. The average molecular weight is 636 g/mol. The highest BCUT2D eigenvalue weighted by Gasteiger charge is 2.66. The van der Waals surface area contributed by atoms with Crippen molar-refractivity contribution in [1.29, 1.82) is 0 Å². The van der Waals surface area contributed by atoms with E-state index >= 15 is 0 Å². The molecule has 0 bridgehead atoms. The standard InChI is InChI=1S/C28H33N3O14/c1-15(32)39-14-20-23(41-16(2)33)24(42-17(3)34)25(43-18(4)35)28(45-20)26(29-12-22(36)38-5)44-21(31-28)11-30-27(37)40-13-19-9-7-6-8-10-19/h6-10,20,23-25H,11-14H2,1-5H3,(H,30,37)/t20-,23+,24+,25-,28-/m1/s1. The molecule has 0 saturated carbocycles. The summed E-state index contributed by atoms with van der Waals surface area (Å²) in [5.74, 6) is -4.88. The van der Waals surface area contributed by atoms with Crippen molar-refractivity contribution >= 4 is 47.7 Å². The lowest BCUT2D eigenvalue weighted by Gasteiger charge is -2.47. The van der Waals surface area contributed by atoms with Crippen molar-refractivity contribution in [1.82, 2.24) is 5.32 Å². The van der Waals surface area contributed by atoms with Gasteiger partial charge in [-0.15, -0.1) is 0 Å². The Balaban J connectivity index is 2.05. The van der Waals surface area contributed by atoms with Crippen molar-refractivity contribution in [3.8, 4) is 0 Å². The largest absolute Gasteiger partial charge is 0.468 e. The van der Waals surface area contributed by atoms with E-state index in [0.29, 0.717) is 0 Å². The molecular formula is C28H33N3O14. The van der Waals surface area contributed by atoms with Crippen molar-refractivity contribution in [3.05, 3.63) is 35.9 Å². The van der Waals surface area contributed by atoms with Gasteiger partial charge in [0.2, 0.25) is 12.0 Å². The third-order valence-electron chi connectivity index (χ3n) is 6.04. The van der Waals surface area contributed by atoms with Crippen LogP contribution in [0, 0.1) is 0 Å². The lowest BCUT2D eigenvalue weighted by Crippen LogP contribution is -2.69. The van der Waals surface area contributed by atoms with Gasteiger partial charge in [-0.2, -0.15) is 0 Å². The molecule has 1 aromatic carbocycles. The fourth-order valence-corrected chi connectivity index (χ4v) is 4.33. The first-order valence-corrected chi connectivity index (χ1v) is 13.5. The molecule has 0 aromatic heterocycles. The number of amides is 1. The second kappa shape index (κ2) is 15.6. The first kappa shape index (κ1) is 34.4. The minimum atomic E-state index is -2.30. The zero-order valence-electron chi connectivity index (χ0n) is 25.1. The summed E-state index contributed by atoms with van der Waals surface area (Å²) in [5.41, 5.74) is -1.57. The van der Waals surface area contributed by atoms with Gasteiger partial charge in [-0.3, -0.25) is 24.0 Å². The molecule has 1 spiro atoms. The van der Waals surface area contributed by atoms with Crippen LogP contribution in [0.3, 0.4) is 0 Å². The molecule has 2 aliphatic heterocycles. The number of esters is 5. The molecule has 0 radical (unpaired) electrons. The third kappa shape index (κ3) is 9.46. The Morgan fingerprint density at radius 3 is 2.13 bits per heavy atom. The number of nitrogens with zero attached hydrogens (tertiary/aromatic N) is 2. The van der Waals surface area contributed by atoms with Crippen LogP contribution in [0.1, 0.15) is 33.3 Å². The predicted molar refractivity (Wildman–Crippen MR) is 148 cm³/mol. The van der Waals surface area contributed by atoms with Crippen LogP contribution in [-0.2, 0) is 68.5 Å². The van der Waals surface area contributed by atoms with Crippen LogP contribution in [0.2, 0.25) is 0 Å². The molecule has 2 aliphatic rings. The number of carbonyl (C=O) groups is 6. The molecule has 17 heteroatoms. The third-order valence-corrected chi connectivity index (χ3v) is 6.04. The van der Waals surface area contributed by atoms with Crippen molar-refractivity contribution in [3.63, 3.8) is 0 Å². The Bertz CT molecular complexity index is 1350. The van der Waals surface area contributed by atoms with E-state index in [1.54, 1.807) is 24.3 Å². The van der Waals surface area contributed by atoms with Gasteiger partial charge in [0.1, 0.15) is 25.9 Å². The van der Waals surface area contributed by atoms with Gasteiger partial charge < -0.3 is 43.2 Å². The van der Waals surface area contributed by atoms with E-state index < -0.39 is 91.7 Å². The van der Waals surface area contributed by atoms with Gasteiger partial charge in [0.25, 0.3) is 11.6 Å². The number of hydrogen-bond donors (Lipinski definition) is 1. The summed E-state index contributed by atoms with van der Waals surface area (Å²) in [5, 5.41) is 2.45. The molecule has 5 atom stereocenters. The first-order valence-electron chi connectivity index (χ1n) is 13.5. The summed E-state index contributed by atoms with van der Waals surface area (Å²) in [4.78, 5) is 81.3. The van der Waals surface area contributed by atoms with Crippen LogP contribution < -0.4 is 5.32 Å². The van der Waals surface area contributed by atoms with Crippen LogP contribution in [-0.4, -0.2) is 105 Å². The highest BCUT2D eigenvalue weighted by Crippen LogP contribution is 2.41. The molecule has 17 nitrogen and oxygen atoms in total. The van der Waals surface area contributed by atoms with Crippen LogP contribution in [0.15, 0.2) is 40.3 Å². The predicted octanol–water partition coefficient (Wildman–Crippen LogP) is 0.366. The Labute approximate surface area is 257 Å². The van der Waals surface area contributed by atoms with E-state index in [-0.39, 0.29) is 12.5 Å². The average Bonchev–Trinajstić information content (AvgIpc) is 3.33. The number of benzene rings is 1. The number of nitrogens with one attached hydrogen (secondary N) is 1. The topological polar surface area (TPSA) is 213 Å². The molecule has 0 unspecified atom stereocenters. The molecular weight excluding hydrogens is 602 g/mol. The quantitative estimate of drug-likeness (QED) is 0.257. The van der Waals surface area contributed by atoms with Crippen molar-refractivity contribution < 1.29 is 66.7 Å². The molecule has 1 amide bonds. The van der Waals surface area contributed by atoms with E-state index in [0.717, 1.165) is 40.4 Å². The summed E-state index contributed by atoms with van der Waals surface area (Å²) in [7, 11) is 1.12. The Hall–Kier alpha value is -5.06. The molecule has 45 heavy (non-hydrogen) atoms. The molecule has 1 saturated heterocycles. The SMILES string of the molecule is COC(=O)CN=C1OC(CNC(=O)OCc2ccccc2)=N[C@]12O[C@H](COC(C)=O)[C@H](OC(C)=O)[C@H](OC(C)=O)[C@H]2OC(C)=O. The maximum Gasteiger partial charge on any atom is 0.407 e. The van der Waals surface area contributed by atoms with Gasteiger partial charge >= 0.3 is 35.9 Å². The second-order valence-corrected chi connectivity index (χ2v) is 9.55. The number of carbonyl (C=O) groups excluding carboxylic acids is 6. The van der Waals surface area contributed by atoms with E-state index in [1.807, 2.05) is 6.07 Å². The summed E-state index contributed by atoms with van der Waals surface area (Å²) in [6.45, 7) is 2.65. The van der Waals surface area contributed by atoms with Gasteiger partial charge in [-0.25, -0.2) is 14.8 Å². The van der Waals surface area contributed by atoms with Crippen molar-refractivity contribution in [2.24, 2.45) is 9.98 Å². The fraction of sp³-hybridized carbons (Fsp3) is 0.500. The molecule has 3 rings (SSSR count). The second-order valence-electron chi connectivity index (χ2n) is 9.55. The minimum Gasteiger partial charge on any atom is -0.468 e. The van der Waals surface area contributed by atoms with Crippen LogP contribution in [0.4, 0.5) is 4.79 Å². The maximum atomic E-state index is 12.4. The van der Waals surface area contributed by atoms with E-state index in [9.17, 15) is 28.8 Å². The first-order chi connectivity index (χ1) is 21.3. The summed E-state index contributed by atoms with van der Waals surface area (Å²) >= 11 is 0. The van der Waals surface area contributed by atoms with E-state index in [2.05, 4.69) is 20.0 Å². The van der Waals surface area contributed by atoms with Gasteiger partial charge in [0.15, 0.2) is 12.2 Å². The lowest BCUT2D eigenvalue weighted by atomic mass is 9.89. The Morgan fingerprint density at radius 2 is 1.53 bits per heavy atom. The molecule has 0 aliphatic carbocycles. The lowest BCUT2D eigenvalue weighted by molar-refractivity contribution is -0.266. The molecule has 1 fully saturated rings. The smallest absolute Gasteiger partial charge is 0.407 e.